The van der Waals surface area contributed by atoms with Gasteiger partial charge in [0.1, 0.15) is 0 Å². The normalized spacial score (nSPS) is 15.8. The van der Waals surface area contributed by atoms with E-state index in [1.807, 2.05) is 27.7 Å². The van der Waals surface area contributed by atoms with Crippen LogP contribution in [-0.4, -0.2) is 20.5 Å². The molecule has 0 saturated heterocycles. The van der Waals surface area contributed by atoms with Crippen molar-refractivity contribution in [2.45, 2.75) is 64.1 Å². The first kappa shape index (κ1) is 15.5. The van der Waals surface area contributed by atoms with Gasteiger partial charge in [0.15, 0.2) is 0 Å². The predicted molar refractivity (Wildman–Crippen MR) is 81.2 cm³/mol. The Morgan fingerprint density at radius 3 is 2.45 bits per heavy atom. The van der Waals surface area contributed by atoms with Crippen molar-refractivity contribution in [3.63, 3.8) is 0 Å². The molecular weight excluding hydrogens is 272 g/mol. The van der Waals surface area contributed by atoms with Gasteiger partial charge in [-0.2, -0.15) is 0 Å². The van der Waals surface area contributed by atoms with Gasteiger partial charge in [0.25, 0.3) is 0 Å². The number of sulfonamides is 1. The molecule has 2 N–H and O–H groups in total. The van der Waals surface area contributed by atoms with E-state index < -0.39 is 10.0 Å². The fourth-order valence-corrected chi connectivity index (χ4v) is 3.82. The molecule has 1 aliphatic rings. The Morgan fingerprint density at radius 1 is 1.25 bits per heavy atom. The summed E-state index contributed by atoms with van der Waals surface area (Å²) in [6.07, 6.45) is 2.45. The third kappa shape index (κ3) is 3.81. The maximum atomic E-state index is 12.4. The van der Waals surface area contributed by atoms with Crippen LogP contribution >= 0.6 is 0 Å². The van der Waals surface area contributed by atoms with Crippen LogP contribution in [0.25, 0.3) is 0 Å². The second-order valence-corrected chi connectivity index (χ2v) is 7.65. The van der Waals surface area contributed by atoms with Crippen molar-refractivity contribution in [3.8, 4) is 0 Å². The first-order valence-electron chi connectivity index (χ1n) is 7.15. The van der Waals surface area contributed by atoms with Gasteiger partial charge in [-0.1, -0.05) is 6.07 Å². The summed E-state index contributed by atoms with van der Waals surface area (Å²) in [5.41, 5.74) is 2.88. The number of nitrogens with one attached hydrogen (secondary N) is 2. The van der Waals surface area contributed by atoms with E-state index in [0.29, 0.717) is 10.9 Å². The SMILES string of the molecule is Cc1cc(CNC2CC2)cc(S(=O)(=O)NC(C)C)c1C. The van der Waals surface area contributed by atoms with E-state index in [1.165, 1.54) is 12.8 Å². The highest BCUT2D eigenvalue weighted by Gasteiger charge is 2.22. The molecule has 0 atom stereocenters. The Kier molecular flexibility index (Phi) is 4.52. The lowest BCUT2D eigenvalue weighted by Gasteiger charge is -2.15. The summed E-state index contributed by atoms with van der Waals surface area (Å²) in [4.78, 5) is 0.402. The van der Waals surface area contributed by atoms with E-state index in [-0.39, 0.29) is 6.04 Å². The Labute approximate surface area is 122 Å². The summed E-state index contributed by atoms with van der Waals surface area (Å²) >= 11 is 0. The minimum absolute atomic E-state index is 0.104. The van der Waals surface area contributed by atoms with Crippen molar-refractivity contribution in [2.75, 3.05) is 0 Å². The third-order valence-electron chi connectivity index (χ3n) is 3.53. The summed E-state index contributed by atoms with van der Waals surface area (Å²) in [7, 11) is -3.44. The van der Waals surface area contributed by atoms with Gasteiger partial charge in [0.05, 0.1) is 4.90 Å². The number of hydrogen-bond acceptors (Lipinski definition) is 3. The molecule has 4 nitrogen and oxygen atoms in total. The fourth-order valence-electron chi connectivity index (χ4n) is 2.20. The largest absolute Gasteiger partial charge is 0.310 e. The molecule has 0 unspecified atom stereocenters. The molecule has 1 aliphatic carbocycles. The van der Waals surface area contributed by atoms with E-state index in [4.69, 9.17) is 0 Å². The van der Waals surface area contributed by atoms with E-state index in [0.717, 1.165) is 23.2 Å². The molecule has 0 aliphatic heterocycles. The average Bonchev–Trinajstić information content (AvgIpc) is 3.12. The number of rotatable bonds is 6. The third-order valence-corrected chi connectivity index (χ3v) is 5.32. The van der Waals surface area contributed by atoms with Gasteiger partial charge >= 0.3 is 0 Å². The lowest BCUT2D eigenvalue weighted by atomic mass is 10.1. The minimum atomic E-state index is -3.44. The van der Waals surface area contributed by atoms with Crippen LogP contribution in [0.2, 0.25) is 0 Å². The molecule has 112 valence electrons. The van der Waals surface area contributed by atoms with Crippen LogP contribution in [0, 0.1) is 13.8 Å². The van der Waals surface area contributed by atoms with Gasteiger partial charge in [0, 0.05) is 18.6 Å². The molecule has 1 fully saturated rings. The highest BCUT2D eigenvalue weighted by atomic mass is 32.2. The van der Waals surface area contributed by atoms with Crippen LogP contribution < -0.4 is 10.0 Å². The highest BCUT2D eigenvalue weighted by Crippen LogP contribution is 2.23. The van der Waals surface area contributed by atoms with Crippen LogP contribution in [0.15, 0.2) is 17.0 Å². The van der Waals surface area contributed by atoms with Gasteiger partial charge in [-0.3, -0.25) is 0 Å². The molecule has 0 radical (unpaired) electrons. The summed E-state index contributed by atoms with van der Waals surface area (Å²) in [5, 5.41) is 3.42. The maximum absolute atomic E-state index is 12.4. The first-order valence-corrected chi connectivity index (χ1v) is 8.64. The van der Waals surface area contributed by atoms with Crippen LogP contribution in [0.1, 0.15) is 43.4 Å². The molecule has 0 spiro atoms. The molecule has 1 aromatic rings. The Hall–Kier alpha value is -0.910. The molecule has 5 heteroatoms. The van der Waals surface area contributed by atoms with E-state index in [2.05, 4.69) is 16.1 Å². The number of benzene rings is 1. The molecule has 0 heterocycles. The molecule has 2 rings (SSSR count). The molecule has 0 aromatic heterocycles. The first-order chi connectivity index (χ1) is 9.29. The maximum Gasteiger partial charge on any atom is 0.241 e. The second-order valence-electron chi connectivity index (χ2n) is 5.97. The monoisotopic (exact) mass is 296 g/mol. The molecular formula is C15H24N2O2S. The average molecular weight is 296 g/mol. The molecule has 20 heavy (non-hydrogen) atoms. The van der Waals surface area contributed by atoms with Crippen LogP contribution in [0.4, 0.5) is 0 Å². The molecule has 0 amide bonds. The van der Waals surface area contributed by atoms with Crippen molar-refractivity contribution in [1.82, 2.24) is 10.0 Å². The standard InChI is InChI=1S/C15H24N2O2S/c1-10(2)17-20(18,19)15-8-13(7-11(3)12(15)4)9-16-14-5-6-14/h7-8,10,14,16-17H,5-6,9H2,1-4H3. The van der Waals surface area contributed by atoms with Crippen molar-refractivity contribution in [3.05, 3.63) is 28.8 Å². The van der Waals surface area contributed by atoms with Crippen LogP contribution in [0.3, 0.4) is 0 Å². The van der Waals surface area contributed by atoms with Gasteiger partial charge in [-0.25, -0.2) is 13.1 Å². The molecule has 1 aromatic carbocycles. The Morgan fingerprint density at radius 2 is 1.90 bits per heavy atom. The highest BCUT2D eigenvalue weighted by molar-refractivity contribution is 7.89. The van der Waals surface area contributed by atoms with E-state index >= 15 is 0 Å². The second kappa shape index (κ2) is 5.84. The summed E-state index contributed by atoms with van der Waals surface area (Å²) in [6.45, 7) is 8.22. The fraction of sp³-hybridized carbons (Fsp3) is 0.600. The van der Waals surface area contributed by atoms with Crippen molar-refractivity contribution in [2.24, 2.45) is 0 Å². The Bertz CT molecular complexity index is 590. The van der Waals surface area contributed by atoms with Gasteiger partial charge in [-0.05, 0) is 63.3 Å². The molecule has 0 bridgehead atoms. The van der Waals surface area contributed by atoms with Crippen molar-refractivity contribution < 1.29 is 8.42 Å². The number of aryl methyl sites for hydroxylation is 1. The smallest absolute Gasteiger partial charge is 0.241 e. The topological polar surface area (TPSA) is 58.2 Å². The summed E-state index contributed by atoms with van der Waals surface area (Å²) in [6, 6.07) is 4.38. The Balaban J connectivity index is 2.30. The van der Waals surface area contributed by atoms with Gasteiger partial charge < -0.3 is 5.32 Å². The quantitative estimate of drug-likeness (QED) is 0.846. The van der Waals surface area contributed by atoms with Crippen LogP contribution in [-0.2, 0) is 16.6 Å². The number of hydrogen-bond donors (Lipinski definition) is 2. The summed E-state index contributed by atoms with van der Waals surface area (Å²) < 4.78 is 27.4. The zero-order valence-corrected chi connectivity index (χ0v) is 13.5. The van der Waals surface area contributed by atoms with Crippen LogP contribution in [0.5, 0.6) is 0 Å². The zero-order valence-electron chi connectivity index (χ0n) is 12.7. The lowest BCUT2D eigenvalue weighted by molar-refractivity contribution is 0.568. The van der Waals surface area contributed by atoms with Crippen molar-refractivity contribution in [1.29, 1.82) is 0 Å². The summed E-state index contributed by atoms with van der Waals surface area (Å²) in [5.74, 6) is 0. The molecule has 1 saturated carbocycles. The van der Waals surface area contributed by atoms with Gasteiger partial charge in [-0.15, -0.1) is 0 Å². The predicted octanol–water partition coefficient (Wildman–Crippen LogP) is 2.24. The van der Waals surface area contributed by atoms with Gasteiger partial charge in [0.2, 0.25) is 10.0 Å². The minimum Gasteiger partial charge on any atom is -0.310 e. The lowest BCUT2D eigenvalue weighted by Crippen LogP contribution is -2.31. The zero-order chi connectivity index (χ0) is 14.9. The van der Waals surface area contributed by atoms with Crippen molar-refractivity contribution >= 4 is 10.0 Å². The van der Waals surface area contributed by atoms with E-state index in [9.17, 15) is 8.42 Å². The van der Waals surface area contributed by atoms with E-state index in [1.54, 1.807) is 6.07 Å².